The Bertz CT molecular complexity index is 3990. The fraction of sp³-hybridized carbons (Fsp3) is 0.176. The van der Waals surface area contributed by atoms with Gasteiger partial charge in [0.1, 0.15) is 0 Å². The van der Waals surface area contributed by atoms with Crippen molar-refractivity contribution >= 4 is 44.4 Å². The first-order chi connectivity index (χ1) is 34.2. The lowest BCUT2D eigenvalue weighted by molar-refractivity contribution is 0.394. The molecule has 0 saturated heterocycles. The van der Waals surface area contributed by atoms with Crippen LogP contribution in [0.4, 0.5) is 0 Å². The van der Waals surface area contributed by atoms with E-state index >= 15 is 0 Å². The summed E-state index contributed by atoms with van der Waals surface area (Å²) in [7, 11) is 0. The lowest BCUT2D eigenvalue weighted by Gasteiger charge is -2.29. The van der Waals surface area contributed by atoms with E-state index in [9.17, 15) is 0 Å². The highest BCUT2D eigenvalue weighted by atomic mass is 15.0. The highest BCUT2D eigenvalue weighted by Gasteiger charge is 2.44. The molecule has 2 atom stereocenters. The van der Waals surface area contributed by atoms with Crippen LogP contribution in [0.1, 0.15) is 90.2 Å². The molecule has 5 aliphatic rings. The van der Waals surface area contributed by atoms with E-state index in [2.05, 4.69) is 231 Å². The fourth-order valence-electron chi connectivity index (χ4n) is 14.1. The molecule has 8 aromatic carbocycles. The zero-order valence-corrected chi connectivity index (χ0v) is 40.4. The van der Waals surface area contributed by atoms with Crippen molar-refractivity contribution in [1.82, 2.24) is 9.13 Å². The van der Waals surface area contributed by atoms with Crippen LogP contribution < -0.4 is 0 Å². The number of rotatable bonds is 4. The molecule has 0 amide bonds. The van der Waals surface area contributed by atoms with E-state index in [-0.39, 0.29) is 10.8 Å². The van der Waals surface area contributed by atoms with E-state index in [4.69, 9.17) is 0 Å². The maximum Gasteiger partial charge on any atom is 0.0547 e. The van der Waals surface area contributed by atoms with Crippen molar-refractivity contribution in [2.75, 3.05) is 0 Å². The molecule has 2 heterocycles. The van der Waals surface area contributed by atoms with Crippen LogP contribution >= 0.6 is 0 Å². The van der Waals surface area contributed by atoms with Gasteiger partial charge >= 0.3 is 0 Å². The van der Waals surface area contributed by atoms with Gasteiger partial charge in [0, 0.05) is 50.1 Å². The van der Waals surface area contributed by atoms with Crippen molar-refractivity contribution in [3.63, 3.8) is 0 Å². The molecule has 0 spiro atoms. The Balaban J connectivity index is 0.892. The number of para-hydroxylation sites is 2. The number of benzene rings is 8. The van der Waals surface area contributed by atoms with Gasteiger partial charge in [-0.1, -0.05) is 149 Å². The Morgan fingerprint density at radius 2 is 1.06 bits per heavy atom. The quantitative estimate of drug-likeness (QED) is 0.167. The molecule has 0 radical (unpaired) electrons. The standard InChI is InChI=1S/C68H54N2/c1-67(2)59-21-13-11-19-49(59)53-33-41(25-29-61(53)67)43-27-31-63-55(35-43)57-37-45-23-24-46-38-58-56-36-44(42-26-30-62-54(34-42)50-20-12-14-22-60(50)68(62,3)4)28-32-64(56)70(48-17-9-6-10-18-48)66(58)40-52(46)51(45)39-65(57)69(63)47-15-7-5-8-16-47/h5-22,25-27,29-31,33-40,49,59H,23-24,28,32H2,1-4H3. The predicted octanol–water partition coefficient (Wildman–Crippen LogP) is 17.1. The molecule has 70 heavy (non-hydrogen) atoms. The third-order valence-corrected chi connectivity index (χ3v) is 17.6. The number of nitrogens with zero attached hydrogens (tertiary/aromatic N) is 2. The lowest BCUT2D eigenvalue weighted by atomic mass is 9.74. The minimum absolute atomic E-state index is 0.00291. The van der Waals surface area contributed by atoms with E-state index in [0.717, 1.165) is 25.7 Å². The van der Waals surface area contributed by atoms with Gasteiger partial charge in [-0.2, -0.15) is 0 Å². The Morgan fingerprint density at radius 3 is 1.84 bits per heavy atom. The molecule has 2 heteroatoms. The van der Waals surface area contributed by atoms with E-state index < -0.39 is 0 Å². The number of hydrogen-bond acceptors (Lipinski definition) is 0. The SMILES string of the molecule is CC1(C)c2ccccc2-c2cc(C3=Cc4c(n(-c5ccccc5)c5cc6c(cc45)CCc4cc5c7cc(-c8ccc9c(c8)C8C=CC=CC8C9(C)C)ccc7n(-c7ccccc7)c5cc4-6)CC3)ccc21. The molecule has 0 saturated carbocycles. The summed E-state index contributed by atoms with van der Waals surface area (Å²) >= 11 is 0. The first kappa shape index (κ1) is 40.2. The number of aromatic nitrogens is 2. The van der Waals surface area contributed by atoms with Gasteiger partial charge in [0.15, 0.2) is 0 Å². The molecule has 0 bridgehead atoms. The summed E-state index contributed by atoms with van der Waals surface area (Å²) in [5.41, 5.74) is 28.7. The monoisotopic (exact) mass is 898 g/mol. The summed E-state index contributed by atoms with van der Waals surface area (Å²) < 4.78 is 5.09. The first-order valence-corrected chi connectivity index (χ1v) is 25.6. The van der Waals surface area contributed by atoms with Crippen LogP contribution in [0.15, 0.2) is 188 Å². The van der Waals surface area contributed by atoms with Crippen molar-refractivity contribution < 1.29 is 0 Å². The molecule has 2 aromatic heterocycles. The topological polar surface area (TPSA) is 9.86 Å². The molecule has 0 N–H and O–H groups in total. The normalized spacial score (nSPS) is 18.5. The molecular weight excluding hydrogens is 845 g/mol. The third-order valence-electron chi connectivity index (χ3n) is 17.6. The van der Waals surface area contributed by atoms with Gasteiger partial charge in [-0.05, 0) is 188 Å². The van der Waals surface area contributed by atoms with Crippen LogP contribution in [-0.4, -0.2) is 9.13 Å². The van der Waals surface area contributed by atoms with Crippen molar-refractivity contribution in [2.45, 2.75) is 70.1 Å². The van der Waals surface area contributed by atoms with Gasteiger partial charge in [0.2, 0.25) is 0 Å². The number of aryl methyl sites for hydroxylation is 2. The summed E-state index contributed by atoms with van der Waals surface area (Å²) in [4.78, 5) is 0. The number of allylic oxidation sites excluding steroid dienone is 5. The van der Waals surface area contributed by atoms with Gasteiger partial charge in [0.25, 0.3) is 0 Å². The highest BCUT2D eigenvalue weighted by Crippen LogP contribution is 2.54. The van der Waals surface area contributed by atoms with Gasteiger partial charge in [-0.25, -0.2) is 0 Å². The molecule has 336 valence electrons. The smallest absolute Gasteiger partial charge is 0.0547 e. The Kier molecular flexibility index (Phi) is 8.30. The molecule has 2 nitrogen and oxygen atoms in total. The second kappa shape index (κ2) is 14.4. The molecule has 0 aliphatic heterocycles. The third kappa shape index (κ3) is 5.56. The van der Waals surface area contributed by atoms with Crippen LogP contribution in [0, 0.1) is 5.92 Å². The number of fused-ring (bicyclic) bond motifs is 15. The fourth-order valence-corrected chi connectivity index (χ4v) is 14.1. The second-order valence-corrected chi connectivity index (χ2v) is 21.9. The molecule has 15 rings (SSSR count). The van der Waals surface area contributed by atoms with Gasteiger partial charge in [-0.15, -0.1) is 0 Å². The van der Waals surface area contributed by atoms with Crippen LogP contribution in [0.2, 0.25) is 0 Å². The molecule has 0 fully saturated rings. The number of hydrogen-bond donors (Lipinski definition) is 0. The van der Waals surface area contributed by atoms with Crippen molar-refractivity contribution in [1.29, 1.82) is 0 Å². The summed E-state index contributed by atoms with van der Waals surface area (Å²) in [5.74, 6) is 0.915. The van der Waals surface area contributed by atoms with Gasteiger partial charge in [-0.3, -0.25) is 0 Å². The van der Waals surface area contributed by atoms with Crippen molar-refractivity contribution in [3.05, 3.63) is 238 Å². The van der Waals surface area contributed by atoms with E-state index in [1.54, 1.807) is 0 Å². The van der Waals surface area contributed by atoms with Crippen LogP contribution in [0.3, 0.4) is 0 Å². The predicted molar refractivity (Wildman–Crippen MR) is 294 cm³/mol. The Morgan fingerprint density at radius 1 is 0.443 bits per heavy atom. The van der Waals surface area contributed by atoms with Gasteiger partial charge in [0.05, 0.1) is 16.6 Å². The highest BCUT2D eigenvalue weighted by molar-refractivity contribution is 6.12. The molecular formula is C68H54N2. The second-order valence-electron chi connectivity index (χ2n) is 21.9. The summed E-state index contributed by atoms with van der Waals surface area (Å²) in [6.45, 7) is 9.59. The maximum absolute atomic E-state index is 2.58. The molecule has 2 unspecified atom stereocenters. The van der Waals surface area contributed by atoms with Crippen LogP contribution in [0.5, 0.6) is 0 Å². The van der Waals surface area contributed by atoms with Crippen molar-refractivity contribution in [2.24, 2.45) is 5.92 Å². The Labute approximate surface area is 410 Å². The zero-order valence-electron chi connectivity index (χ0n) is 40.4. The Hall–Kier alpha value is -7.68. The first-order valence-electron chi connectivity index (χ1n) is 25.6. The molecule has 5 aliphatic carbocycles. The average molecular weight is 899 g/mol. The van der Waals surface area contributed by atoms with Crippen LogP contribution in [0.25, 0.3) is 89.1 Å². The minimum Gasteiger partial charge on any atom is -0.313 e. The summed E-state index contributed by atoms with van der Waals surface area (Å²) in [5, 5.41) is 4.00. The maximum atomic E-state index is 2.58. The van der Waals surface area contributed by atoms with Gasteiger partial charge < -0.3 is 9.13 Å². The molecule has 10 aromatic rings. The summed E-state index contributed by atoms with van der Waals surface area (Å²) in [6.07, 6.45) is 15.9. The zero-order chi connectivity index (χ0) is 46.6. The van der Waals surface area contributed by atoms with E-state index in [0.29, 0.717) is 11.8 Å². The lowest BCUT2D eigenvalue weighted by Crippen LogP contribution is -2.24. The summed E-state index contributed by atoms with van der Waals surface area (Å²) in [6, 6.07) is 63.0. The van der Waals surface area contributed by atoms with E-state index in [1.807, 2.05) is 0 Å². The van der Waals surface area contributed by atoms with E-state index in [1.165, 1.54) is 133 Å². The van der Waals surface area contributed by atoms with Crippen LogP contribution in [-0.2, 0) is 30.1 Å². The average Bonchev–Trinajstić information content (AvgIpc) is 4.05. The largest absolute Gasteiger partial charge is 0.313 e. The minimum atomic E-state index is 0.00291. The van der Waals surface area contributed by atoms with Crippen molar-refractivity contribution in [3.8, 4) is 44.8 Å².